The van der Waals surface area contributed by atoms with E-state index in [1.54, 1.807) is 12.1 Å². The third-order valence-corrected chi connectivity index (χ3v) is 4.82. The number of aromatic nitrogens is 1. The molecule has 0 radical (unpaired) electrons. The Morgan fingerprint density at radius 2 is 2.00 bits per heavy atom. The zero-order chi connectivity index (χ0) is 20.3. The smallest absolute Gasteiger partial charge is 0.232 e. The topological polar surface area (TPSA) is 72.2 Å². The van der Waals surface area contributed by atoms with Crippen LogP contribution in [0, 0.1) is 17.2 Å². The van der Waals surface area contributed by atoms with E-state index in [2.05, 4.69) is 24.9 Å². The molecule has 5 nitrogen and oxygen atoms in total. The van der Waals surface area contributed by atoms with Crippen LogP contribution in [0.1, 0.15) is 60.4 Å². The lowest BCUT2D eigenvalue weighted by Crippen LogP contribution is -2.33. The normalized spacial score (nSPS) is 15.0. The lowest BCUT2D eigenvalue weighted by atomic mass is 9.87. The van der Waals surface area contributed by atoms with Gasteiger partial charge in [0.05, 0.1) is 17.9 Å². The summed E-state index contributed by atoms with van der Waals surface area (Å²) in [5.74, 6) is 0.509. The number of ether oxygens (including phenoxy) is 2. The molecule has 0 amide bonds. The van der Waals surface area contributed by atoms with Crippen molar-refractivity contribution in [1.29, 1.82) is 5.26 Å². The first-order chi connectivity index (χ1) is 13.3. The van der Waals surface area contributed by atoms with Gasteiger partial charge in [-0.2, -0.15) is 5.26 Å². The number of nitrogens with zero attached hydrogens (tertiary/aromatic N) is 2. The molecule has 1 aliphatic rings. The zero-order valence-electron chi connectivity index (χ0n) is 16.9. The minimum atomic E-state index is -0.355. The molecule has 28 heavy (non-hydrogen) atoms. The summed E-state index contributed by atoms with van der Waals surface area (Å²) < 4.78 is 11.7. The van der Waals surface area contributed by atoms with E-state index in [9.17, 15) is 10.1 Å². The van der Waals surface area contributed by atoms with Gasteiger partial charge in [0.25, 0.3) is 0 Å². The van der Waals surface area contributed by atoms with Crippen molar-refractivity contribution in [2.24, 2.45) is 5.92 Å². The van der Waals surface area contributed by atoms with Crippen molar-refractivity contribution in [1.82, 2.24) is 4.98 Å². The maximum absolute atomic E-state index is 12.4. The molecule has 146 valence electrons. The highest BCUT2D eigenvalue weighted by Crippen LogP contribution is 2.35. The highest BCUT2D eigenvalue weighted by atomic mass is 16.5. The summed E-state index contributed by atoms with van der Waals surface area (Å²) >= 11 is 0. The number of carbonyl (C=O) groups excluding carboxylic acids is 1. The predicted molar refractivity (Wildman–Crippen MR) is 106 cm³/mol. The Balaban J connectivity index is 1.96. The Kier molecular flexibility index (Phi) is 5.81. The predicted octanol–water partition coefficient (Wildman–Crippen LogP) is 4.26. The zero-order valence-corrected chi connectivity index (χ0v) is 16.9. The molecule has 3 rings (SSSR count). The van der Waals surface area contributed by atoms with Crippen LogP contribution >= 0.6 is 0 Å². The highest BCUT2D eigenvalue weighted by Gasteiger charge is 2.32. The van der Waals surface area contributed by atoms with E-state index in [1.165, 1.54) is 0 Å². The van der Waals surface area contributed by atoms with Gasteiger partial charge in [-0.25, -0.2) is 4.98 Å². The monoisotopic (exact) mass is 378 g/mol. The molecule has 0 saturated carbocycles. The molecule has 2 aromatic rings. The van der Waals surface area contributed by atoms with E-state index < -0.39 is 0 Å². The van der Waals surface area contributed by atoms with Gasteiger partial charge in [0, 0.05) is 17.5 Å². The fourth-order valence-electron chi connectivity index (χ4n) is 3.43. The number of rotatable bonds is 6. The summed E-state index contributed by atoms with van der Waals surface area (Å²) in [7, 11) is 0. The van der Waals surface area contributed by atoms with Crippen LogP contribution in [0.4, 0.5) is 0 Å². The molecule has 1 aliphatic heterocycles. The number of pyridine rings is 1. The fraction of sp³-hybridized carbons (Fsp3) is 0.435. The summed E-state index contributed by atoms with van der Waals surface area (Å²) in [6.45, 7) is 8.57. The molecule has 1 aromatic heterocycles. The third-order valence-electron chi connectivity index (χ3n) is 4.82. The largest absolute Gasteiger partial charge is 0.468 e. The van der Waals surface area contributed by atoms with Crippen LogP contribution in [0.3, 0.4) is 0 Å². The Morgan fingerprint density at radius 1 is 1.29 bits per heavy atom. The first-order valence-electron chi connectivity index (χ1n) is 9.60. The summed E-state index contributed by atoms with van der Waals surface area (Å²) in [5.41, 5.74) is 3.46. The van der Waals surface area contributed by atoms with Crippen molar-refractivity contribution in [2.45, 2.75) is 52.7 Å². The Hall–Kier alpha value is -2.71. The van der Waals surface area contributed by atoms with Gasteiger partial charge in [-0.3, -0.25) is 4.79 Å². The van der Waals surface area contributed by atoms with Crippen molar-refractivity contribution in [3.63, 3.8) is 0 Å². The van der Waals surface area contributed by atoms with Gasteiger partial charge in [0.15, 0.2) is 12.4 Å². The second-order valence-corrected chi connectivity index (χ2v) is 8.21. The first-order valence-corrected chi connectivity index (χ1v) is 9.60. The van der Waals surface area contributed by atoms with Crippen molar-refractivity contribution in [3.8, 4) is 11.9 Å². The van der Waals surface area contributed by atoms with Crippen LogP contribution in [0.5, 0.6) is 5.88 Å². The van der Waals surface area contributed by atoms with Gasteiger partial charge in [-0.1, -0.05) is 44.2 Å². The average molecular weight is 378 g/mol. The van der Waals surface area contributed by atoms with Crippen LogP contribution in [0.25, 0.3) is 0 Å². The number of nitriles is 1. The summed E-state index contributed by atoms with van der Waals surface area (Å²) in [5, 5.41) is 9.80. The lowest BCUT2D eigenvalue weighted by molar-refractivity contribution is -0.0408. The van der Waals surface area contributed by atoms with E-state index in [0.29, 0.717) is 30.1 Å². The maximum Gasteiger partial charge on any atom is 0.232 e. The molecule has 0 spiro atoms. The van der Waals surface area contributed by atoms with Gasteiger partial charge >= 0.3 is 0 Å². The second-order valence-electron chi connectivity index (χ2n) is 8.21. The Labute approximate surface area is 166 Å². The van der Waals surface area contributed by atoms with Gasteiger partial charge in [0.2, 0.25) is 5.88 Å². The molecule has 0 atom stereocenters. The Morgan fingerprint density at radius 3 is 2.64 bits per heavy atom. The number of hydrogen-bond acceptors (Lipinski definition) is 5. The maximum atomic E-state index is 12.4. The summed E-state index contributed by atoms with van der Waals surface area (Å²) in [6, 6.07) is 11.2. The molecular weight excluding hydrogens is 352 g/mol. The molecule has 0 fully saturated rings. The third kappa shape index (κ3) is 4.40. The minimum Gasteiger partial charge on any atom is -0.468 e. The van der Waals surface area contributed by atoms with E-state index >= 15 is 0 Å². The molecule has 1 aromatic carbocycles. The van der Waals surface area contributed by atoms with Gasteiger partial charge < -0.3 is 9.47 Å². The molecule has 5 heteroatoms. The number of carbonyl (C=O) groups is 1. The van der Waals surface area contributed by atoms with Gasteiger partial charge in [-0.15, -0.1) is 0 Å². The van der Waals surface area contributed by atoms with Gasteiger partial charge in [0.1, 0.15) is 11.6 Å². The van der Waals surface area contributed by atoms with Crippen LogP contribution < -0.4 is 4.74 Å². The van der Waals surface area contributed by atoms with Crippen molar-refractivity contribution in [2.75, 3.05) is 6.61 Å². The van der Waals surface area contributed by atoms with E-state index in [1.807, 2.05) is 32.0 Å². The number of ketones is 1. The standard InChI is InChI=1S/C23H26N2O3/c1-15(2)10-20-19-13-28-23(3,4)11-17(19)18(12-24)22(25-20)27-14-21(26)16-8-6-5-7-9-16/h5-9,15H,10-11,13-14H2,1-4H3. The molecule has 0 saturated heterocycles. The second kappa shape index (κ2) is 8.12. The van der Waals surface area contributed by atoms with Crippen LogP contribution in [-0.2, 0) is 24.2 Å². The van der Waals surface area contributed by atoms with Crippen LogP contribution in [0.15, 0.2) is 30.3 Å². The van der Waals surface area contributed by atoms with E-state index in [0.717, 1.165) is 23.2 Å². The van der Waals surface area contributed by atoms with Crippen LogP contribution in [-0.4, -0.2) is 23.0 Å². The molecule has 2 heterocycles. The van der Waals surface area contributed by atoms with Crippen molar-refractivity contribution >= 4 is 5.78 Å². The molecular formula is C23H26N2O3. The highest BCUT2D eigenvalue weighted by molar-refractivity contribution is 5.97. The number of benzene rings is 1. The molecule has 0 unspecified atom stereocenters. The fourth-order valence-corrected chi connectivity index (χ4v) is 3.43. The molecule has 0 bridgehead atoms. The first kappa shape index (κ1) is 20.0. The van der Waals surface area contributed by atoms with Crippen LogP contribution in [0.2, 0.25) is 0 Å². The average Bonchev–Trinajstić information content (AvgIpc) is 2.65. The quantitative estimate of drug-likeness (QED) is 0.702. The number of fused-ring (bicyclic) bond motifs is 1. The van der Waals surface area contributed by atoms with Gasteiger partial charge in [-0.05, 0) is 31.7 Å². The lowest BCUT2D eigenvalue weighted by Gasteiger charge is -2.33. The number of hydrogen-bond donors (Lipinski definition) is 0. The molecule has 0 aliphatic carbocycles. The molecule has 0 N–H and O–H groups in total. The van der Waals surface area contributed by atoms with Crippen molar-refractivity contribution < 1.29 is 14.3 Å². The van der Waals surface area contributed by atoms with Crippen molar-refractivity contribution in [3.05, 3.63) is 58.3 Å². The summed E-state index contributed by atoms with van der Waals surface area (Å²) in [6.07, 6.45) is 1.38. The van der Waals surface area contributed by atoms with E-state index in [-0.39, 0.29) is 23.9 Å². The number of Topliss-reactive ketones (excluding diaryl/α,β-unsaturated/α-hetero) is 1. The SMILES string of the molecule is CC(C)Cc1nc(OCC(=O)c2ccccc2)c(C#N)c2c1COC(C)(C)C2. The van der Waals surface area contributed by atoms with E-state index in [4.69, 9.17) is 9.47 Å². The minimum absolute atomic E-state index is 0.141. The Bertz CT molecular complexity index is 912. The summed E-state index contributed by atoms with van der Waals surface area (Å²) in [4.78, 5) is 17.0.